The average Bonchev–Trinajstić information content (AvgIpc) is 3.53. The smallest absolute Gasteiger partial charge is 0.294 e. The summed E-state index contributed by atoms with van der Waals surface area (Å²) in [4.78, 5) is 32.6. The maximum Gasteiger partial charge on any atom is 0.294 e. The van der Waals surface area contributed by atoms with Gasteiger partial charge in [-0.3, -0.25) is 23.9 Å². The Bertz CT molecular complexity index is 1490. The monoisotopic (exact) mass is 565 g/mol. The molecule has 5 N–H and O–H groups in total. The zero-order valence-electron chi connectivity index (χ0n) is 23.2. The van der Waals surface area contributed by atoms with Gasteiger partial charge in [-0.2, -0.15) is 0 Å². The van der Waals surface area contributed by atoms with Crippen LogP contribution in [0.1, 0.15) is 58.9 Å². The van der Waals surface area contributed by atoms with Gasteiger partial charge in [-0.05, 0) is 64.4 Å². The van der Waals surface area contributed by atoms with Crippen molar-refractivity contribution in [3.05, 3.63) is 59.3 Å². The molecule has 1 saturated heterocycles. The van der Waals surface area contributed by atoms with E-state index in [0.717, 1.165) is 25.9 Å². The third-order valence-electron chi connectivity index (χ3n) is 7.75. The first-order valence-electron chi connectivity index (χ1n) is 13.6. The zero-order chi connectivity index (χ0) is 29.3. The summed E-state index contributed by atoms with van der Waals surface area (Å²) < 4.78 is 7.09. The fourth-order valence-corrected chi connectivity index (χ4v) is 5.20. The molecule has 218 valence electrons. The number of hydrogen-bond acceptors (Lipinski definition) is 10. The van der Waals surface area contributed by atoms with Gasteiger partial charge in [0.2, 0.25) is 5.82 Å². The Labute approximate surface area is 236 Å². The molecule has 0 radical (unpaired) electrons. The van der Waals surface area contributed by atoms with Crippen molar-refractivity contribution >= 4 is 28.9 Å². The number of rotatable bonds is 8. The average molecular weight is 566 g/mol. The van der Waals surface area contributed by atoms with Crippen LogP contribution in [0.15, 0.2) is 36.7 Å². The number of anilines is 1. The molecule has 2 aliphatic rings. The normalized spacial score (nSPS) is 22.3. The van der Waals surface area contributed by atoms with E-state index in [1.54, 1.807) is 31.3 Å². The maximum atomic E-state index is 13.2. The number of fused-ring (bicyclic) bond motifs is 1. The standard InChI is InChI=1S/C28H35N7O6/c1-16-19(11-18(14-30-16)26(39)29-7-10-34-8-4-6-28(34,2)3)31-27(40)25-33-32-23-12-17(5-9-35(23)25)21-13-20(37)24(38)22(15-36)41-21/h5,9,11-14,20,22,24,36-38H,4,6-8,10,15H2,1-3H3,(H,29,39)(H,31,40)/t20-,22-,24+/m1/s1. The summed E-state index contributed by atoms with van der Waals surface area (Å²) in [5.41, 5.74) is 2.23. The largest absolute Gasteiger partial charge is 0.485 e. The van der Waals surface area contributed by atoms with Gasteiger partial charge in [0.15, 0.2) is 11.8 Å². The minimum atomic E-state index is -1.25. The number of carbonyl (C=O) groups excluding carboxylic acids is 2. The molecule has 0 aromatic carbocycles. The molecule has 1 fully saturated rings. The van der Waals surface area contributed by atoms with E-state index in [0.29, 0.717) is 34.7 Å². The summed E-state index contributed by atoms with van der Waals surface area (Å²) in [6.45, 7) is 7.97. The van der Waals surface area contributed by atoms with Crippen molar-refractivity contribution in [3.63, 3.8) is 0 Å². The fraction of sp³-hybridized carbons (Fsp3) is 0.464. The van der Waals surface area contributed by atoms with Crippen LogP contribution in [-0.2, 0) is 4.74 Å². The SMILES string of the molecule is Cc1ncc(C(=O)NCCN2CCCC2(C)C)cc1NC(=O)c1nnc2cc(C3=C[C@@H](O)[C@H](O)[C@@H](CO)O3)ccn12. The second kappa shape index (κ2) is 11.5. The number of aliphatic hydroxyl groups excluding tert-OH is 3. The molecular weight excluding hydrogens is 530 g/mol. The van der Waals surface area contributed by atoms with Crippen molar-refractivity contribution in [2.75, 3.05) is 31.6 Å². The molecule has 41 heavy (non-hydrogen) atoms. The van der Waals surface area contributed by atoms with Crippen molar-refractivity contribution in [2.24, 2.45) is 0 Å². The van der Waals surface area contributed by atoms with Crippen molar-refractivity contribution in [1.82, 2.24) is 29.8 Å². The van der Waals surface area contributed by atoms with Gasteiger partial charge in [-0.1, -0.05) is 0 Å². The lowest BCUT2D eigenvalue weighted by atomic mass is 10.0. The first-order valence-corrected chi connectivity index (χ1v) is 13.6. The van der Waals surface area contributed by atoms with E-state index in [4.69, 9.17) is 4.74 Å². The van der Waals surface area contributed by atoms with E-state index in [9.17, 15) is 24.9 Å². The quantitative estimate of drug-likeness (QED) is 0.262. The highest BCUT2D eigenvalue weighted by molar-refractivity contribution is 6.03. The Hall–Kier alpha value is -3.91. The minimum absolute atomic E-state index is 0.0104. The molecule has 2 amide bonds. The number of aryl methyl sites for hydroxylation is 1. The van der Waals surface area contributed by atoms with Crippen LogP contribution in [0.2, 0.25) is 0 Å². The molecular formula is C28H35N7O6. The lowest BCUT2D eigenvalue weighted by molar-refractivity contribution is -0.0723. The summed E-state index contributed by atoms with van der Waals surface area (Å²) in [5.74, 6) is -0.544. The Balaban J connectivity index is 1.27. The Morgan fingerprint density at radius 3 is 2.73 bits per heavy atom. The van der Waals surface area contributed by atoms with E-state index in [-0.39, 0.29) is 23.0 Å². The predicted molar refractivity (Wildman–Crippen MR) is 149 cm³/mol. The number of hydrogen-bond donors (Lipinski definition) is 5. The topological polar surface area (TPSA) is 174 Å². The highest BCUT2D eigenvalue weighted by atomic mass is 16.5. The molecule has 2 aliphatic heterocycles. The van der Waals surface area contributed by atoms with E-state index in [1.807, 2.05) is 0 Å². The molecule has 0 aliphatic carbocycles. The second-order valence-electron chi connectivity index (χ2n) is 11.0. The molecule has 3 aromatic rings. The van der Waals surface area contributed by atoms with Crippen LogP contribution in [0.4, 0.5) is 5.69 Å². The van der Waals surface area contributed by atoms with Gasteiger partial charge in [-0.15, -0.1) is 10.2 Å². The van der Waals surface area contributed by atoms with Crippen LogP contribution in [0, 0.1) is 6.92 Å². The van der Waals surface area contributed by atoms with Gasteiger partial charge in [-0.25, -0.2) is 0 Å². The Morgan fingerprint density at radius 1 is 1.20 bits per heavy atom. The summed E-state index contributed by atoms with van der Waals surface area (Å²) in [6.07, 6.45) is 3.26. The molecule has 5 heterocycles. The molecule has 13 nitrogen and oxygen atoms in total. The van der Waals surface area contributed by atoms with Crippen molar-refractivity contribution < 1.29 is 29.6 Å². The van der Waals surface area contributed by atoms with Crippen LogP contribution in [0.5, 0.6) is 0 Å². The van der Waals surface area contributed by atoms with Crippen molar-refractivity contribution in [2.45, 2.75) is 57.5 Å². The van der Waals surface area contributed by atoms with Crippen LogP contribution in [0.25, 0.3) is 11.4 Å². The number of aromatic nitrogens is 4. The van der Waals surface area contributed by atoms with Gasteiger partial charge >= 0.3 is 0 Å². The first-order chi connectivity index (χ1) is 19.6. The van der Waals surface area contributed by atoms with Gasteiger partial charge < -0.3 is 30.7 Å². The summed E-state index contributed by atoms with van der Waals surface area (Å²) in [7, 11) is 0. The predicted octanol–water partition coefficient (Wildman–Crippen LogP) is 0.743. The second-order valence-corrected chi connectivity index (χ2v) is 11.0. The number of amides is 2. The minimum Gasteiger partial charge on any atom is -0.485 e. The number of likely N-dealkylation sites (tertiary alicyclic amines) is 1. The molecule has 0 saturated carbocycles. The Kier molecular flexibility index (Phi) is 8.04. The lowest BCUT2D eigenvalue weighted by Crippen LogP contribution is -2.43. The van der Waals surface area contributed by atoms with E-state index >= 15 is 0 Å². The number of carbonyl (C=O) groups is 2. The van der Waals surface area contributed by atoms with Crippen molar-refractivity contribution in [1.29, 1.82) is 0 Å². The number of aliphatic hydroxyl groups is 3. The molecule has 13 heteroatoms. The van der Waals surface area contributed by atoms with Gasteiger partial charge in [0.05, 0.1) is 23.6 Å². The summed E-state index contributed by atoms with van der Waals surface area (Å²) in [5, 5.41) is 43.3. The highest BCUT2D eigenvalue weighted by Crippen LogP contribution is 2.28. The fourth-order valence-electron chi connectivity index (χ4n) is 5.20. The summed E-state index contributed by atoms with van der Waals surface area (Å²) >= 11 is 0. The highest BCUT2D eigenvalue weighted by Gasteiger charge is 2.33. The maximum absolute atomic E-state index is 13.2. The molecule has 5 rings (SSSR count). The summed E-state index contributed by atoms with van der Waals surface area (Å²) in [6, 6.07) is 4.83. The lowest BCUT2D eigenvalue weighted by Gasteiger charge is -2.31. The van der Waals surface area contributed by atoms with E-state index in [1.165, 1.54) is 16.7 Å². The van der Waals surface area contributed by atoms with Crippen LogP contribution in [0.3, 0.4) is 0 Å². The van der Waals surface area contributed by atoms with Crippen LogP contribution >= 0.6 is 0 Å². The van der Waals surface area contributed by atoms with Gasteiger partial charge in [0, 0.05) is 36.6 Å². The third-order valence-corrected chi connectivity index (χ3v) is 7.75. The molecule has 0 spiro atoms. The van der Waals surface area contributed by atoms with Crippen LogP contribution in [-0.4, -0.2) is 102 Å². The Morgan fingerprint density at radius 2 is 2.00 bits per heavy atom. The molecule has 0 unspecified atom stereocenters. The number of ether oxygens (including phenoxy) is 1. The van der Waals surface area contributed by atoms with E-state index < -0.39 is 30.8 Å². The number of nitrogens with zero attached hydrogens (tertiary/aromatic N) is 5. The zero-order valence-corrected chi connectivity index (χ0v) is 23.2. The molecule has 3 atom stereocenters. The van der Waals surface area contributed by atoms with Gasteiger partial charge in [0.25, 0.3) is 11.8 Å². The third kappa shape index (κ3) is 5.93. The first kappa shape index (κ1) is 28.6. The molecule has 0 bridgehead atoms. The van der Waals surface area contributed by atoms with Gasteiger partial charge in [0.1, 0.15) is 18.0 Å². The molecule has 3 aromatic heterocycles. The van der Waals surface area contributed by atoms with E-state index in [2.05, 4.69) is 44.6 Å². The number of nitrogens with one attached hydrogen (secondary N) is 2. The van der Waals surface area contributed by atoms with Crippen molar-refractivity contribution in [3.8, 4) is 0 Å². The number of pyridine rings is 2. The van der Waals surface area contributed by atoms with Crippen LogP contribution < -0.4 is 10.6 Å².